The third-order valence-corrected chi connectivity index (χ3v) is 11.4. The molecule has 12 nitrogen and oxygen atoms in total. The van der Waals surface area contributed by atoms with E-state index in [9.17, 15) is 19.2 Å². The fourth-order valence-electron chi connectivity index (χ4n) is 6.22. The van der Waals surface area contributed by atoms with Gasteiger partial charge in [-0.25, -0.2) is 9.98 Å². The van der Waals surface area contributed by atoms with Crippen molar-refractivity contribution in [1.29, 1.82) is 0 Å². The van der Waals surface area contributed by atoms with Crippen LogP contribution in [0.15, 0.2) is 119 Å². The monoisotopic (exact) mass is 792 g/mol. The van der Waals surface area contributed by atoms with E-state index in [1.165, 1.54) is 37.7 Å². The van der Waals surface area contributed by atoms with Crippen molar-refractivity contribution < 1.29 is 28.7 Å². The summed E-state index contributed by atoms with van der Waals surface area (Å²) >= 11 is 2.61. The SMILES string of the molecule is COc1ccccc1NC(=O)C[C@@H]1SC(=Nc2ccccc2)N(CCCCCCN2C(=O)[C@H](CC(=O)Nc3ccccc3OC)SC2=Nc2ccccc2)C1=O. The number of aliphatic imine (C=N–C) groups is 2. The zero-order valence-electron chi connectivity index (χ0n) is 31.3. The van der Waals surface area contributed by atoms with Gasteiger partial charge in [-0.15, -0.1) is 0 Å². The van der Waals surface area contributed by atoms with Gasteiger partial charge in [0.15, 0.2) is 10.3 Å². The number of hydrogen-bond donors (Lipinski definition) is 2. The molecule has 2 heterocycles. The Kier molecular flexibility index (Phi) is 14.2. The van der Waals surface area contributed by atoms with Crippen LogP contribution < -0.4 is 20.1 Å². The van der Waals surface area contributed by atoms with Crippen LogP contribution in [0, 0.1) is 0 Å². The minimum atomic E-state index is -0.613. The number of hydrogen-bond acceptors (Lipinski definition) is 10. The quantitative estimate of drug-likeness (QED) is 0.103. The topological polar surface area (TPSA) is 142 Å². The van der Waals surface area contributed by atoms with Crippen LogP contribution in [0.25, 0.3) is 0 Å². The summed E-state index contributed by atoms with van der Waals surface area (Å²) in [5.41, 5.74) is 2.54. The van der Waals surface area contributed by atoms with Crippen LogP contribution in [0.4, 0.5) is 22.7 Å². The summed E-state index contributed by atoms with van der Waals surface area (Å²) in [7, 11) is 3.08. The maximum Gasteiger partial charge on any atom is 0.242 e. The number of para-hydroxylation sites is 6. The van der Waals surface area contributed by atoms with Crippen molar-refractivity contribution in [3.8, 4) is 11.5 Å². The number of carbonyl (C=O) groups is 4. The maximum absolute atomic E-state index is 13.7. The summed E-state index contributed by atoms with van der Waals surface area (Å²) in [6, 6.07) is 33.2. The van der Waals surface area contributed by atoms with Gasteiger partial charge in [-0.1, -0.05) is 97.0 Å². The molecular formula is C42H44N6O6S2. The number of ether oxygens (including phenoxy) is 2. The molecule has 2 N–H and O–H groups in total. The molecule has 0 aromatic heterocycles. The largest absolute Gasteiger partial charge is 0.495 e. The number of anilines is 2. The molecule has 4 aromatic rings. The predicted molar refractivity (Wildman–Crippen MR) is 224 cm³/mol. The molecule has 56 heavy (non-hydrogen) atoms. The van der Waals surface area contributed by atoms with E-state index in [1.807, 2.05) is 84.9 Å². The van der Waals surface area contributed by atoms with Crippen molar-refractivity contribution >= 4 is 80.2 Å². The number of amidine groups is 2. The molecule has 2 aliphatic rings. The van der Waals surface area contributed by atoms with Crippen LogP contribution in [-0.2, 0) is 19.2 Å². The number of rotatable bonds is 17. The maximum atomic E-state index is 13.7. The molecule has 0 aliphatic carbocycles. The van der Waals surface area contributed by atoms with E-state index in [4.69, 9.17) is 19.5 Å². The number of methoxy groups -OCH3 is 2. The molecule has 0 bridgehead atoms. The minimum Gasteiger partial charge on any atom is -0.495 e. The summed E-state index contributed by atoms with van der Waals surface area (Å²) in [6.07, 6.45) is 3.00. The number of nitrogens with one attached hydrogen (secondary N) is 2. The Morgan fingerprint density at radius 2 is 0.946 bits per heavy atom. The van der Waals surface area contributed by atoms with Crippen molar-refractivity contribution in [2.75, 3.05) is 37.9 Å². The van der Waals surface area contributed by atoms with Crippen molar-refractivity contribution in [3.63, 3.8) is 0 Å². The van der Waals surface area contributed by atoms with Crippen LogP contribution in [0.1, 0.15) is 38.5 Å². The van der Waals surface area contributed by atoms with E-state index in [0.29, 0.717) is 59.1 Å². The highest BCUT2D eigenvalue weighted by molar-refractivity contribution is 8.15. The van der Waals surface area contributed by atoms with Crippen LogP contribution in [0.5, 0.6) is 11.5 Å². The Bertz CT molecular complexity index is 1920. The Morgan fingerprint density at radius 1 is 0.571 bits per heavy atom. The second kappa shape index (κ2) is 19.8. The normalized spacial score (nSPS) is 18.1. The average Bonchev–Trinajstić information content (AvgIpc) is 3.65. The van der Waals surface area contributed by atoms with Gasteiger partial charge >= 0.3 is 0 Å². The number of amides is 4. The smallest absolute Gasteiger partial charge is 0.242 e. The van der Waals surface area contributed by atoms with Gasteiger partial charge in [0, 0.05) is 25.9 Å². The van der Waals surface area contributed by atoms with Gasteiger partial charge < -0.3 is 20.1 Å². The van der Waals surface area contributed by atoms with Crippen LogP contribution in [0.2, 0.25) is 0 Å². The first-order valence-electron chi connectivity index (χ1n) is 18.4. The van der Waals surface area contributed by atoms with E-state index in [1.54, 1.807) is 34.1 Å². The fraction of sp³-hybridized carbons (Fsp3) is 0.286. The Balaban J connectivity index is 1.04. The standard InChI is InChI=1S/C42H44N6O6S2/c1-53-33-23-13-11-21-31(33)45-37(49)27-35-39(51)47(41(55-35)43-29-17-7-5-8-18-29)25-15-3-4-16-26-48-40(52)36(56-42(48)44-30-19-9-6-10-20-30)28-38(50)46-32-22-12-14-24-34(32)54-2/h5-14,17-24,35-36H,3-4,15-16,25-28H2,1-2H3,(H,45,49)(H,46,50)/t35-,36-/m0/s1. The highest BCUT2D eigenvalue weighted by Gasteiger charge is 2.40. The number of unbranched alkanes of at least 4 members (excludes halogenated alkanes) is 3. The molecule has 290 valence electrons. The van der Waals surface area contributed by atoms with Gasteiger partial charge in [0.2, 0.25) is 23.6 Å². The molecule has 2 saturated heterocycles. The second-order valence-electron chi connectivity index (χ2n) is 13.0. The molecule has 2 aliphatic heterocycles. The third-order valence-electron chi connectivity index (χ3n) is 9.02. The van der Waals surface area contributed by atoms with Crippen molar-refractivity contribution in [1.82, 2.24) is 9.80 Å². The predicted octanol–water partition coefficient (Wildman–Crippen LogP) is 7.89. The van der Waals surface area contributed by atoms with E-state index in [-0.39, 0.29) is 36.5 Å². The Labute approximate surface area is 335 Å². The Morgan fingerprint density at radius 3 is 1.34 bits per heavy atom. The summed E-state index contributed by atoms with van der Waals surface area (Å²) in [5, 5.41) is 5.66. The zero-order valence-corrected chi connectivity index (χ0v) is 32.9. The van der Waals surface area contributed by atoms with E-state index in [2.05, 4.69) is 10.6 Å². The Hall–Kier alpha value is -5.60. The van der Waals surface area contributed by atoms with Crippen LogP contribution >= 0.6 is 23.5 Å². The molecule has 0 spiro atoms. The molecule has 6 rings (SSSR count). The molecule has 14 heteroatoms. The summed E-state index contributed by atoms with van der Waals surface area (Å²) < 4.78 is 10.7. The lowest BCUT2D eigenvalue weighted by Gasteiger charge is -2.18. The zero-order chi connectivity index (χ0) is 39.3. The van der Waals surface area contributed by atoms with Gasteiger partial charge in [-0.3, -0.25) is 29.0 Å². The number of nitrogens with zero attached hydrogens (tertiary/aromatic N) is 4. The molecule has 2 atom stereocenters. The first-order valence-corrected chi connectivity index (χ1v) is 20.2. The first-order chi connectivity index (χ1) is 27.3. The number of thioether (sulfide) groups is 2. The van der Waals surface area contributed by atoms with Crippen LogP contribution in [-0.4, -0.2) is 81.6 Å². The van der Waals surface area contributed by atoms with E-state index in [0.717, 1.165) is 24.2 Å². The lowest BCUT2D eigenvalue weighted by Crippen LogP contribution is -2.34. The first kappa shape index (κ1) is 40.1. The van der Waals surface area contributed by atoms with Crippen molar-refractivity contribution in [2.45, 2.75) is 49.0 Å². The summed E-state index contributed by atoms with van der Waals surface area (Å²) in [5.74, 6) is 0.207. The minimum absolute atomic E-state index is 0.0102. The van der Waals surface area contributed by atoms with Crippen LogP contribution in [0.3, 0.4) is 0 Å². The number of carbonyl (C=O) groups excluding carboxylic acids is 4. The fourth-order valence-corrected chi connectivity index (χ4v) is 8.58. The highest BCUT2D eigenvalue weighted by Crippen LogP contribution is 2.35. The highest BCUT2D eigenvalue weighted by atomic mass is 32.2. The molecule has 2 fully saturated rings. The van der Waals surface area contributed by atoms with E-state index < -0.39 is 10.5 Å². The summed E-state index contributed by atoms with van der Waals surface area (Å²) in [4.78, 5) is 66.4. The van der Waals surface area contributed by atoms with Crippen molar-refractivity contribution in [3.05, 3.63) is 109 Å². The van der Waals surface area contributed by atoms with Gasteiger partial charge in [0.05, 0.1) is 37.0 Å². The third kappa shape index (κ3) is 10.6. The molecule has 4 aromatic carbocycles. The number of benzene rings is 4. The molecule has 0 radical (unpaired) electrons. The van der Waals surface area contributed by atoms with Crippen molar-refractivity contribution in [2.24, 2.45) is 9.98 Å². The van der Waals surface area contributed by atoms with Gasteiger partial charge in [-0.05, 0) is 61.4 Å². The van der Waals surface area contributed by atoms with E-state index >= 15 is 0 Å². The molecule has 0 saturated carbocycles. The average molecular weight is 793 g/mol. The van der Waals surface area contributed by atoms with Gasteiger partial charge in [0.1, 0.15) is 22.0 Å². The lowest BCUT2D eigenvalue weighted by atomic mass is 10.1. The second-order valence-corrected chi connectivity index (χ2v) is 15.3. The summed E-state index contributed by atoms with van der Waals surface area (Å²) in [6.45, 7) is 0.898. The molecular weight excluding hydrogens is 749 g/mol. The molecule has 4 amide bonds. The molecule has 0 unspecified atom stereocenters. The van der Waals surface area contributed by atoms with Gasteiger partial charge in [0.25, 0.3) is 0 Å². The van der Waals surface area contributed by atoms with Gasteiger partial charge in [-0.2, -0.15) is 0 Å². The lowest BCUT2D eigenvalue weighted by molar-refractivity contribution is -0.128.